The predicted molar refractivity (Wildman–Crippen MR) is 96.6 cm³/mol. The highest BCUT2D eigenvalue weighted by molar-refractivity contribution is 7.10. The summed E-state index contributed by atoms with van der Waals surface area (Å²) in [5.74, 6) is -0.125. The summed E-state index contributed by atoms with van der Waals surface area (Å²) in [7, 11) is 4.04. The normalized spacial score (nSPS) is 12.3. The van der Waals surface area contributed by atoms with Gasteiger partial charge in [0.05, 0.1) is 18.6 Å². The van der Waals surface area contributed by atoms with Crippen molar-refractivity contribution in [1.82, 2.24) is 19.8 Å². The summed E-state index contributed by atoms with van der Waals surface area (Å²) >= 11 is 1.70. The first-order valence-corrected chi connectivity index (χ1v) is 8.60. The number of likely N-dealkylation sites (N-methyl/N-ethyl adjacent to an activating group) is 1. The van der Waals surface area contributed by atoms with E-state index in [2.05, 4.69) is 26.6 Å². The molecule has 2 heterocycles. The van der Waals surface area contributed by atoms with Crippen LogP contribution in [0.1, 0.15) is 21.4 Å². The minimum atomic E-state index is -0.125. The summed E-state index contributed by atoms with van der Waals surface area (Å²) in [5.41, 5.74) is 1.45. The molecule has 0 fully saturated rings. The van der Waals surface area contributed by atoms with E-state index in [-0.39, 0.29) is 11.9 Å². The molecule has 2 aromatic heterocycles. The first-order valence-electron chi connectivity index (χ1n) is 7.72. The second-order valence-corrected chi connectivity index (χ2v) is 6.67. The lowest BCUT2D eigenvalue weighted by Crippen LogP contribution is -2.34. The van der Waals surface area contributed by atoms with Gasteiger partial charge in [-0.15, -0.1) is 11.3 Å². The van der Waals surface area contributed by atoms with Gasteiger partial charge in [0.1, 0.15) is 5.69 Å². The fourth-order valence-corrected chi connectivity index (χ4v) is 3.48. The molecule has 0 saturated carbocycles. The van der Waals surface area contributed by atoms with Crippen molar-refractivity contribution < 1.29 is 4.79 Å². The van der Waals surface area contributed by atoms with E-state index in [1.165, 1.54) is 4.88 Å². The lowest BCUT2D eigenvalue weighted by Gasteiger charge is -2.23. The van der Waals surface area contributed by atoms with Gasteiger partial charge < -0.3 is 10.2 Å². The fourth-order valence-electron chi connectivity index (χ4n) is 2.56. The molecule has 1 unspecified atom stereocenters. The van der Waals surface area contributed by atoms with Crippen LogP contribution in [-0.4, -0.2) is 41.0 Å². The van der Waals surface area contributed by atoms with Gasteiger partial charge in [-0.3, -0.25) is 9.36 Å². The van der Waals surface area contributed by atoms with Gasteiger partial charge in [-0.05, 0) is 37.7 Å². The van der Waals surface area contributed by atoms with Gasteiger partial charge in [0.2, 0.25) is 0 Å². The van der Waals surface area contributed by atoms with Crippen LogP contribution in [0.25, 0.3) is 5.69 Å². The number of nitrogens with zero attached hydrogens (tertiary/aromatic N) is 3. The number of thiophene rings is 1. The van der Waals surface area contributed by atoms with Crippen molar-refractivity contribution in [3.8, 4) is 5.69 Å². The van der Waals surface area contributed by atoms with Crippen molar-refractivity contribution in [2.45, 2.75) is 6.04 Å². The summed E-state index contributed by atoms with van der Waals surface area (Å²) < 4.78 is 1.80. The van der Waals surface area contributed by atoms with E-state index in [9.17, 15) is 4.79 Å². The van der Waals surface area contributed by atoms with E-state index < -0.39 is 0 Å². The van der Waals surface area contributed by atoms with E-state index in [0.717, 1.165) is 5.69 Å². The molecular formula is C18H20N4OS. The number of nitrogens with one attached hydrogen (secondary N) is 1. The van der Waals surface area contributed by atoms with Crippen LogP contribution in [0, 0.1) is 0 Å². The van der Waals surface area contributed by atoms with Crippen LogP contribution in [0.3, 0.4) is 0 Å². The first-order chi connectivity index (χ1) is 11.7. The maximum Gasteiger partial charge on any atom is 0.269 e. The molecule has 0 aliphatic rings. The third kappa shape index (κ3) is 3.55. The van der Waals surface area contributed by atoms with Crippen molar-refractivity contribution in [2.24, 2.45) is 0 Å². The minimum absolute atomic E-state index is 0.125. The van der Waals surface area contributed by atoms with Crippen LogP contribution < -0.4 is 5.32 Å². The van der Waals surface area contributed by atoms with E-state index >= 15 is 0 Å². The van der Waals surface area contributed by atoms with Gasteiger partial charge in [-0.1, -0.05) is 24.3 Å². The highest BCUT2D eigenvalue weighted by Gasteiger charge is 2.18. The third-order valence-electron chi connectivity index (χ3n) is 3.86. The van der Waals surface area contributed by atoms with E-state index in [1.54, 1.807) is 28.4 Å². The highest BCUT2D eigenvalue weighted by atomic mass is 32.1. The molecule has 24 heavy (non-hydrogen) atoms. The number of amides is 1. The van der Waals surface area contributed by atoms with Gasteiger partial charge >= 0.3 is 0 Å². The van der Waals surface area contributed by atoms with E-state index in [1.807, 2.05) is 50.5 Å². The molecule has 1 amide bonds. The number of carbonyl (C=O) groups is 1. The number of rotatable bonds is 6. The maximum absolute atomic E-state index is 12.6. The summed E-state index contributed by atoms with van der Waals surface area (Å²) in [4.78, 5) is 20.1. The van der Waals surface area contributed by atoms with Crippen molar-refractivity contribution in [3.05, 3.63) is 70.9 Å². The predicted octanol–water partition coefficient (Wildman–Crippen LogP) is 2.97. The van der Waals surface area contributed by atoms with Crippen LogP contribution >= 0.6 is 11.3 Å². The van der Waals surface area contributed by atoms with E-state index in [0.29, 0.717) is 12.2 Å². The zero-order valence-electron chi connectivity index (χ0n) is 13.7. The SMILES string of the molecule is CN(C)C(CNC(=O)c1cncn1-c1ccccc1)c1cccs1. The topological polar surface area (TPSA) is 50.2 Å². The maximum atomic E-state index is 12.6. The number of carbonyl (C=O) groups excluding carboxylic acids is 1. The van der Waals surface area contributed by atoms with Crippen LogP contribution in [-0.2, 0) is 0 Å². The summed E-state index contributed by atoms with van der Waals surface area (Å²) in [5, 5.41) is 5.08. The Morgan fingerprint density at radius 3 is 2.71 bits per heavy atom. The lowest BCUT2D eigenvalue weighted by molar-refractivity contribution is 0.0935. The third-order valence-corrected chi connectivity index (χ3v) is 4.83. The van der Waals surface area contributed by atoms with Crippen molar-refractivity contribution in [1.29, 1.82) is 0 Å². The van der Waals surface area contributed by atoms with Crippen molar-refractivity contribution >= 4 is 17.2 Å². The number of hydrogen-bond acceptors (Lipinski definition) is 4. The van der Waals surface area contributed by atoms with Crippen molar-refractivity contribution in [3.63, 3.8) is 0 Å². The second-order valence-electron chi connectivity index (χ2n) is 5.69. The van der Waals surface area contributed by atoms with Gasteiger partial charge in [-0.2, -0.15) is 0 Å². The van der Waals surface area contributed by atoms with E-state index in [4.69, 9.17) is 0 Å². The fraction of sp³-hybridized carbons (Fsp3) is 0.222. The minimum Gasteiger partial charge on any atom is -0.349 e. The number of benzene rings is 1. The Balaban J connectivity index is 1.73. The molecule has 124 valence electrons. The van der Waals surface area contributed by atoms with Gasteiger partial charge in [0.25, 0.3) is 5.91 Å². The highest BCUT2D eigenvalue weighted by Crippen LogP contribution is 2.22. The summed E-state index contributed by atoms with van der Waals surface area (Å²) in [6, 6.07) is 14.0. The molecular weight excluding hydrogens is 320 g/mol. The van der Waals surface area contributed by atoms with Crippen LogP contribution in [0.5, 0.6) is 0 Å². The van der Waals surface area contributed by atoms with Gasteiger partial charge in [-0.25, -0.2) is 4.98 Å². The Hall–Kier alpha value is -2.44. The Bertz CT molecular complexity index is 780. The smallest absolute Gasteiger partial charge is 0.269 e. The molecule has 0 spiro atoms. The monoisotopic (exact) mass is 340 g/mol. The number of aromatic nitrogens is 2. The average molecular weight is 340 g/mol. The van der Waals surface area contributed by atoms with Crippen LogP contribution in [0.4, 0.5) is 0 Å². The molecule has 0 radical (unpaired) electrons. The Labute approximate surface area is 145 Å². The molecule has 0 aliphatic heterocycles. The molecule has 0 bridgehead atoms. The molecule has 1 atom stereocenters. The largest absolute Gasteiger partial charge is 0.349 e. The summed E-state index contributed by atoms with van der Waals surface area (Å²) in [6.07, 6.45) is 3.26. The molecule has 3 aromatic rings. The Kier molecular flexibility index (Phi) is 5.08. The Morgan fingerprint density at radius 1 is 1.25 bits per heavy atom. The Morgan fingerprint density at radius 2 is 2.04 bits per heavy atom. The molecule has 1 N–H and O–H groups in total. The van der Waals surface area contributed by atoms with Gasteiger partial charge in [0.15, 0.2) is 0 Å². The second kappa shape index (κ2) is 7.42. The first kappa shape index (κ1) is 16.4. The number of imidazole rings is 1. The number of para-hydroxylation sites is 1. The molecule has 3 rings (SSSR count). The van der Waals surface area contributed by atoms with Crippen LogP contribution in [0.2, 0.25) is 0 Å². The summed E-state index contributed by atoms with van der Waals surface area (Å²) in [6.45, 7) is 0.548. The molecule has 0 aliphatic carbocycles. The zero-order valence-corrected chi connectivity index (χ0v) is 14.5. The number of hydrogen-bond donors (Lipinski definition) is 1. The van der Waals surface area contributed by atoms with Gasteiger partial charge in [0, 0.05) is 17.1 Å². The standard InChI is InChI=1S/C18H20N4OS/c1-21(2)15(17-9-6-10-24-17)12-20-18(23)16-11-19-13-22(16)14-7-4-3-5-8-14/h3-11,13,15H,12H2,1-2H3,(H,20,23). The quantitative estimate of drug-likeness (QED) is 0.750. The molecule has 6 heteroatoms. The average Bonchev–Trinajstić information content (AvgIpc) is 3.27. The molecule has 1 aromatic carbocycles. The zero-order chi connectivity index (χ0) is 16.9. The van der Waals surface area contributed by atoms with Crippen molar-refractivity contribution in [2.75, 3.05) is 20.6 Å². The van der Waals surface area contributed by atoms with Crippen LogP contribution in [0.15, 0.2) is 60.4 Å². The lowest BCUT2D eigenvalue weighted by atomic mass is 10.2. The molecule has 5 nitrogen and oxygen atoms in total. The molecule has 0 saturated heterocycles.